The lowest BCUT2D eigenvalue weighted by atomic mass is 10.1. The van der Waals surface area contributed by atoms with E-state index in [0.29, 0.717) is 13.1 Å². The van der Waals surface area contributed by atoms with Crippen molar-refractivity contribution in [3.05, 3.63) is 0 Å². The maximum atomic E-state index is 12.3. The highest BCUT2D eigenvalue weighted by Gasteiger charge is 2.60. The fraction of sp³-hybridized carbons (Fsp3) is 0.917. The number of amides is 1. The van der Waals surface area contributed by atoms with Crippen LogP contribution in [0.2, 0.25) is 0 Å². The van der Waals surface area contributed by atoms with Crippen LogP contribution in [0.25, 0.3) is 0 Å². The molecule has 0 bridgehead atoms. The normalized spacial score (nSPS) is 18.7. The topological polar surface area (TPSA) is 32.8 Å². The zero-order chi connectivity index (χ0) is 17.3. The maximum Gasteiger partial charge on any atom is 0.434 e. The number of halogens is 6. The Hall–Kier alpha value is -1.19. The van der Waals surface area contributed by atoms with Crippen molar-refractivity contribution in [3.8, 4) is 0 Å². The summed E-state index contributed by atoms with van der Waals surface area (Å²) >= 11 is 0. The summed E-state index contributed by atoms with van der Waals surface area (Å²) in [5, 5.41) is 0. The van der Waals surface area contributed by atoms with E-state index in [9.17, 15) is 31.1 Å². The van der Waals surface area contributed by atoms with Crippen molar-refractivity contribution in [2.24, 2.45) is 0 Å². The van der Waals surface area contributed by atoms with Crippen LogP contribution in [0.15, 0.2) is 0 Å². The van der Waals surface area contributed by atoms with E-state index in [2.05, 4.69) is 4.74 Å². The quantitative estimate of drug-likeness (QED) is 0.690. The van der Waals surface area contributed by atoms with Crippen LogP contribution in [0, 0.1) is 0 Å². The van der Waals surface area contributed by atoms with Gasteiger partial charge in [0.1, 0.15) is 0 Å². The van der Waals surface area contributed by atoms with E-state index >= 15 is 0 Å². The molecule has 0 N–H and O–H groups in total. The molecule has 0 spiro atoms. The van der Waals surface area contributed by atoms with Gasteiger partial charge in [-0.15, -0.1) is 0 Å². The summed E-state index contributed by atoms with van der Waals surface area (Å²) in [6, 6.07) is 0. The summed E-state index contributed by atoms with van der Waals surface area (Å²) in [7, 11) is 0. The predicted molar refractivity (Wildman–Crippen MR) is 65.3 cm³/mol. The molecule has 1 saturated heterocycles. The molecule has 1 heterocycles. The molecule has 10 heteroatoms. The number of nitrogens with zero attached hydrogens (tertiary/aromatic N) is 2. The zero-order valence-electron chi connectivity index (χ0n) is 12.4. The molecule has 1 fully saturated rings. The molecule has 1 amide bonds. The van der Waals surface area contributed by atoms with Gasteiger partial charge >= 0.3 is 18.4 Å². The van der Waals surface area contributed by atoms with E-state index in [0.717, 1.165) is 4.90 Å². The van der Waals surface area contributed by atoms with Gasteiger partial charge in [-0.2, -0.15) is 26.3 Å². The average Bonchev–Trinajstić information content (AvgIpc) is 2.32. The van der Waals surface area contributed by atoms with E-state index < -0.39 is 24.5 Å². The van der Waals surface area contributed by atoms with Gasteiger partial charge in [-0.1, -0.05) is 0 Å². The first kappa shape index (κ1) is 18.9. The Kier molecular flexibility index (Phi) is 5.26. The smallest absolute Gasteiger partial charge is 0.426 e. The van der Waals surface area contributed by atoms with Gasteiger partial charge in [-0.3, -0.25) is 4.90 Å². The van der Waals surface area contributed by atoms with Gasteiger partial charge in [-0.25, -0.2) is 4.79 Å². The van der Waals surface area contributed by atoms with Gasteiger partial charge in [0.25, 0.3) is 6.10 Å². The molecule has 1 aliphatic heterocycles. The Balaban J connectivity index is 2.66. The van der Waals surface area contributed by atoms with Crippen LogP contribution < -0.4 is 0 Å². The second-order valence-electron chi connectivity index (χ2n) is 5.99. The third kappa shape index (κ3) is 4.92. The van der Waals surface area contributed by atoms with E-state index in [1.165, 1.54) is 0 Å². The van der Waals surface area contributed by atoms with Crippen molar-refractivity contribution in [2.75, 3.05) is 26.2 Å². The van der Waals surface area contributed by atoms with Crippen molar-refractivity contribution in [1.82, 2.24) is 9.80 Å². The van der Waals surface area contributed by atoms with E-state index in [1.54, 1.807) is 0 Å². The standard InChI is InChI=1S/C12H18F6N2O2/c1-10(2,3)20-6-4-19(5-7-20)9(21)22-8(11(13,14)15)12(16,17)18/h8H,4-7H2,1-3H3. The number of hydrogen-bond donors (Lipinski definition) is 0. The van der Waals surface area contributed by atoms with Gasteiger partial charge in [0.2, 0.25) is 0 Å². The number of alkyl halides is 6. The molecule has 22 heavy (non-hydrogen) atoms. The number of piperazine rings is 1. The molecule has 0 aromatic rings. The minimum Gasteiger partial charge on any atom is -0.426 e. The Labute approximate surface area is 124 Å². The van der Waals surface area contributed by atoms with Crippen LogP contribution >= 0.6 is 0 Å². The van der Waals surface area contributed by atoms with E-state index in [4.69, 9.17) is 0 Å². The Morgan fingerprint density at radius 3 is 1.64 bits per heavy atom. The number of ether oxygens (including phenoxy) is 1. The van der Waals surface area contributed by atoms with Gasteiger partial charge in [0, 0.05) is 31.7 Å². The molecule has 0 aromatic heterocycles. The van der Waals surface area contributed by atoms with Crippen LogP contribution in [-0.2, 0) is 4.74 Å². The summed E-state index contributed by atoms with van der Waals surface area (Å²) < 4.78 is 77.7. The first-order valence-electron chi connectivity index (χ1n) is 6.57. The lowest BCUT2D eigenvalue weighted by Gasteiger charge is -2.42. The molecule has 1 rings (SSSR count). The fourth-order valence-corrected chi connectivity index (χ4v) is 2.05. The molecule has 130 valence electrons. The molecule has 0 radical (unpaired) electrons. The van der Waals surface area contributed by atoms with Crippen molar-refractivity contribution >= 4 is 6.09 Å². The first-order chi connectivity index (χ1) is 9.73. The second kappa shape index (κ2) is 6.13. The largest absolute Gasteiger partial charge is 0.434 e. The van der Waals surface area contributed by atoms with Crippen molar-refractivity contribution in [3.63, 3.8) is 0 Å². The summed E-state index contributed by atoms with van der Waals surface area (Å²) in [6.45, 7) is 6.48. The highest BCUT2D eigenvalue weighted by atomic mass is 19.4. The molecule has 0 aliphatic carbocycles. The summed E-state index contributed by atoms with van der Waals surface area (Å²) in [6.07, 6.45) is -17.1. The molecule has 0 unspecified atom stereocenters. The van der Waals surface area contributed by atoms with Crippen LogP contribution in [0.3, 0.4) is 0 Å². The van der Waals surface area contributed by atoms with Crippen molar-refractivity contribution in [1.29, 1.82) is 0 Å². The van der Waals surface area contributed by atoms with Gasteiger partial charge < -0.3 is 9.64 Å². The first-order valence-corrected chi connectivity index (χ1v) is 6.57. The van der Waals surface area contributed by atoms with Crippen molar-refractivity contribution < 1.29 is 35.9 Å². The van der Waals surface area contributed by atoms with Gasteiger partial charge in [0.05, 0.1) is 0 Å². The van der Waals surface area contributed by atoms with Gasteiger partial charge in [0.15, 0.2) is 0 Å². The van der Waals surface area contributed by atoms with Crippen LogP contribution in [0.4, 0.5) is 31.1 Å². The summed E-state index contributed by atoms with van der Waals surface area (Å²) in [4.78, 5) is 14.4. The molecule has 0 saturated carbocycles. The number of carbonyl (C=O) groups is 1. The third-order valence-corrected chi connectivity index (χ3v) is 3.30. The van der Waals surface area contributed by atoms with Crippen molar-refractivity contribution in [2.45, 2.75) is 44.8 Å². The van der Waals surface area contributed by atoms with Gasteiger partial charge in [-0.05, 0) is 20.8 Å². The minimum atomic E-state index is -5.69. The SMILES string of the molecule is CC(C)(C)N1CCN(C(=O)OC(C(F)(F)F)C(F)(F)F)CC1. The maximum absolute atomic E-state index is 12.3. The van der Waals surface area contributed by atoms with Crippen LogP contribution in [-0.4, -0.2) is 66.1 Å². The summed E-state index contributed by atoms with van der Waals surface area (Å²) in [5.74, 6) is 0. The molecule has 0 atom stereocenters. The summed E-state index contributed by atoms with van der Waals surface area (Å²) in [5.41, 5.74) is -0.198. The van der Waals surface area contributed by atoms with Crippen LogP contribution in [0.1, 0.15) is 20.8 Å². The average molecular weight is 336 g/mol. The highest BCUT2D eigenvalue weighted by Crippen LogP contribution is 2.36. The Bertz CT molecular complexity index is 380. The molecule has 0 aromatic carbocycles. The number of carbonyl (C=O) groups excluding carboxylic acids is 1. The molecule has 1 aliphatic rings. The number of rotatable bonds is 1. The van der Waals surface area contributed by atoms with E-state index in [-0.39, 0.29) is 18.6 Å². The monoisotopic (exact) mass is 336 g/mol. The van der Waals surface area contributed by atoms with Crippen LogP contribution in [0.5, 0.6) is 0 Å². The zero-order valence-corrected chi connectivity index (χ0v) is 12.4. The molecular weight excluding hydrogens is 318 g/mol. The Morgan fingerprint density at radius 1 is 0.909 bits per heavy atom. The number of hydrogen-bond acceptors (Lipinski definition) is 3. The Morgan fingerprint density at radius 2 is 1.32 bits per heavy atom. The minimum absolute atomic E-state index is 0.0124. The third-order valence-electron chi connectivity index (χ3n) is 3.30. The van der Waals surface area contributed by atoms with E-state index in [1.807, 2.05) is 25.7 Å². The second-order valence-corrected chi connectivity index (χ2v) is 5.99. The fourth-order valence-electron chi connectivity index (χ4n) is 2.05. The molecule has 4 nitrogen and oxygen atoms in total. The predicted octanol–water partition coefficient (Wildman–Crippen LogP) is 3.03. The lowest BCUT2D eigenvalue weighted by Crippen LogP contribution is -2.56. The molecular formula is C12H18F6N2O2. The highest BCUT2D eigenvalue weighted by molar-refractivity contribution is 5.68. The lowest BCUT2D eigenvalue weighted by molar-refractivity contribution is -0.308.